The first-order valence-electron chi connectivity index (χ1n) is 10.4. The lowest BCUT2D eigenvalue weighted by Crippen LogP contribution is -2.35. The first kappa shape index (κ1) is 24.2. The molecule has 2 aromatic rings. The molecular formula is C23H26BrN3O4S. The molecular weight excluding hydrogens is 494 g/mol. The zero-order valence-electron chi connectivity index (χ0n) is 17.9. The van der Waals surface area contributed by atoms with Crippen LogP contribution in [0.2, 0.25) is 0 Å². The van der Waals surface area contributed by atoms with Crippen LogP contribution in [-0.4, -0.2) is 42.3 Å². The van der Waals surface area contributed by atoms with Crippen molar-refractivity contribution in [1.82, 2.24) is 10.6 Å². The predicted molar refractivity (Wildman–Crippen MR) is 131 cm³/mol. The summed E-state index contributed by atoms with van der Waals surface area (Å²) in [5.74, 6) is 0.0437. The first-order chi connectivity index (χ1) is 15.3. The fraction of sp³-hybridized carbons (Fsp3) is 0.348. The normalized spacial score (nSPS) is 15.3. The third kappa shape index (κ3) is 6.75. The van der Waals surface area contributed by atoms with Gasteiger partial charge in [-0.3, -0.25) is 14.9 Å². The maximum absolute atomic E-state index is 12.6. The molecule has 0 aromatic heterocycles. The van der Waals surface area contributed by atoms with Crippen molar-refractivity contribution in [2.45, 2.75) is 38.9 Å². The second-order valence-electron chi connectivity index (χ2n) is 7.61. The number of hydrogen-bond donors (Lipinski definition) is 3. The van der Waals surface area contributed by atoms with Gasteiger partial charge >= 0.3 is 0 Å². The molecule has 3 N–H and O–H groups in total. The summed E-state index contributed by atoms with van der Waals surface area (Å²) in [5.41, 5.74) is 1.35. The number of carbonyl (C=O) groups is 2. The Morgan fingerprint density at radius 2 is 2.00 bits per heavy atom. The molecule has 9 heteroatoms. The van der Waals surface area contributed by atoms with E-state index in [4.69, 9.17) is 21.7 Å². The van der Waals surface area contributed by atoms with Gasteiger partial charge in [-0.15, -0.1) is 0 Å². The van der Waals surface area contributed by atoms with Crippen molar-refractivity contribution >= 4 is 50.8 Å². The van der Waals surface area contributed by atoms with Crippen LogP contribution in [0.5, 0.6) is 5.75 Å². The van der Waals surface area contributed by atoms with E-state index < -0.39 is 0 Å². The number of rotatable bonds is 7. The van der Waals surface area contributed by atoms with Crippen molar-refractivity contribution in [3.63, 3.8) is 0 Å². The molecule has 2 aromatic carbocycles. The van der Waals surface area contributed by atoms with Gasteiger partial charge in [0.25, 0.3) is 11.8 Å². The molecule has 32 heavy (non-hydrogen) atoms. The smallest absolute Gasteiger partial charge is 0.257 e. The van der Waals surface area contributed by atoms with E-state index >= 15 is 0 Å². The van der Waals surface area contributed by atoms with E-state index in [1.165, 1.54) is 0 Å². The average Bonchev–Trinajstić information content (AvgIpc) is 3.27. The average molecular weight is 520 g/mol. The van der Waals surface area contributed by atoms with Crippen molar-refractivity contribution in [2.75, 3.05) is 18.5 Å². The monoisotopic (exact) mass is 519 g/mol. The topological polar surface area (TPSA) is 88.7 Å². The second-order valence-corrected chi connectivity index (χ2v) is 8.87. The maximum Gasteiger partial charge on any atom is 0.257 e. The Morgan fingerprint density at radius 1 is 1.22 bits per heavy atom. The highest BCUT2D eigenvalue weighted by molar-refractivity contribution is 9.10. The molecule has 2 amide bonds. The molecule has 1 aliphatic rings. The van der Waals surface area contributed by atoms with Gasteiger partial charge in [0.05, 0.1) is 27.9 Å². The summed E-state index contributed by atoms with van der Waals surface area (Å²) in [4.78, 5) is 25.2. The highest BCUT2D eigenvalue weighted by atomic mass is 79.9. The van der Waals surface area contributed by atoms with Crippen LogP contribution in [0.15, 0.2) is 46.9 Å². The lowest BCUT2D eigenvalue weighted by molar-refractivity contribution is 0.0858. The van der Waals surface area contributed by atoms with Crippen LogP contribution in [0, 0.1) is 0 Å². The summed E-state index contributed by atoms with van der Waals surface area (Å²) < 4.78 is 11.9. The quantitative estimate of drug-likeness (QED) is 0.473. The number of nitrogens with one attached hydrogen (secondary N) is 3. The molecule has 1 unspecified atom stereocenters. The number of hydrogen-bond acceptors (Lipinski definition) is 5. The van der Waals surface area contributed by atoms with Gasteiger partial charge in [0, 0.05) is 18.7 Å². The van der Waals surface area contributed by atoms with Gasteiger partial charge in [0.1, 0.15) is 5.75 Å². The number of thiocarbonyl (C=S) groups is 1. The molecule has 0 radical (unpaired) electrons. The Labute approximate surface area is 201 Å². The minimum absolute atomic E-state index is 0.0192. The molecule has 0 aliphatic carbocycles. The van der Waals surface area contributed by atoms with Gasteiger partial charge in [-0.05, 0) is 85.2 Å². The van der Waals surface area contributed by atoms with Crippen molar-refractivity contribution in [1.29, 1.82) is 0 Å². The van der Waals surface area contributed by atoms with E-state index in [2.05, 4.69) is 31.9 Å². The van der Waals surface area contributed by atoms with Gasteiger partial charge in [-0.2, -0.15) is 0 Å². The Balaban J connectivity index is 1.60. The Kier molecular flexibility index (Phi) is 8.60. The van der Waals surface area contributed by atoms with E-state index in [0.29, 0.717) is 33.6 Å². The van der Waals surface area contributed by atoms with E-state index in [1.54, 1.807) is 42.5 Å². The molecule has 0 bridgehead atoms. The van der Waals surface area contributed by atoms with Crippen LogP contribution in [0.1, 0.15) is 47.4 Å². The van der Waals surface area contributed by atoms with Crippen molar-refractivity contribution in [2.24, 2.45) is 0 Å². The molecule has 0 saturated carbocycles. The van der Waals surface area contributed by atoms with Crippen molar-refractivity contribution < 1.29 is 19.1 Å². The molecule has 1 heterocycles. The largest absolute Gasteiger partial charge is 0.490 e. The van der Waals surface area contributed by atoms with E-state index in [0.717, 1.165) is 19.4 Å². The van der Waals surface area contributed by atoms with Gasteiger partial charge in [0.15, 0.2) is 5.11 Å². The van der Waals surface area contributed by atoms with Gasteiger partial charge < -0.3 is 20.1 Å². The molecule has 170 valence electrons. The van der Waals surface area contributed by atoms with Crippen LogP contribution in [-0.2, 0) is 4.74 Å². The van der Waals surface area contributed by atoms with Crippen molar-refractivity contribution in [3.05, 3.63) is 58.1 Å². The van der Waals surface area contributed by atoms with Gasteiger partial charge in [-0.1, -0.05) is 12.1 Å². The Bertz CT molecular complexity index is 993. The summed E-state index contributed by atoms with van der Waals surface area (Å²) in [6.07, 6.45) is 2.02. The minimum atomic E-state index is -0.375. The molecule has 1 atom stereocenters. The fourth-order valence-corrected chi connectivity index (χ4v) is 3.89. The van der Waals surface area contributed by atoms with E-state index in [-0.39, 0.29) is 29.1 Å². The summed E-state index contributed by atoms with van der Waals surface area (Å²) in [5, 5.41) is 8.57. The summed E-state index contributed by atoms with van der Waals surface area (Å²) in [7, 11) is 0. The SMILES string of the molecule is CC(C)Oc1ccc(C(=O)NC(=S)Nc2ccccc2C(=O)NCC2CCCO2)cc1Br. The van der Waals surface area contributed by atoms with E-state index in [9.17, 15) is 9.59 Å². The summed E-state index contributed by atoms with van der Waals surface area (Å²) in [6, 6.07) is 12.0. The molecule has 1 fully saturated rings. The standard InChI is InChI=1S/C23H26BrN3O4S/c1-14(2)31-20-10-9-15(12-18(20)24)21(28)27-23(32)26-19-8-4-3-7-17(19)22(29)25-13-16-6-5-11-30-16/h3-4,7-10,12,14,16H,5-6,11,13H2,1-2H3,(H,25,29)(H2,26,27,28,32). The molecule has 7 nitrogen and oxygen atoms in total. The van der Waals surface area contributed by atoms with Crippen LogP contribution >= 0.6 is 28.1 Å². The minimum Gasteiger partial charge on any atom is -0.490 e. The maximum atomic E-state index is 12.6. The Hall–Kier alpha value is -2.49. The molecule has 3 rings (SSSR count). The summed E-state index contributed by atoms with van der Waals surface area (Å²) in [6.45, 7) is 5.05. The van der Waals surface area contributed by atoms with Crippen LogP contribution < -0.4 is 20.7 Å². The number of halogens is 1. The number of carbonyl (C=O) groups excluding carboxylic acids is 2. The lowest BCUT2D eigenvalue weighted by Gasteiger charge is -2.15. The zero-order chi connectivity index (χ0) is 23.1. The van der Waals surface area contributed by atoms with Crippen molar-refractivity contribution in [3.8, 4) is 5.75 Å². The molecule has 1 saturated heterocycles. The highest BCUT2D eigenvalue weighted by Gasteiger charge is 2.18. The number of para-hydroxylation sites is 1. The van der Waals surface area contributed by atoms with Crippen LogP contribution in [0.3, 0.4) is 0 Å². The second kappa shape index (κ2) is 11.4. The molecule has 1 aliphatic heterocycles. The molecule has 0 spiro atoms. The number of amides is 2. The predicted octanol–water partition coefficient (Wildman–Crippen LogP) is 4.27. The Morgan fingerprint density at radius 3 is 2.69 bits per heavy atom. The number of ether oxygens (including phenoxy) is 2. The van der Waals surface area contributed by atoms with Gasteiger partial charge in [0.2, 0.25) is 0 Å². The number of benzene rings is 2. The highest BCUT2D eigenvalue weighted by Crippen LogP contribution is 2.27. The summed E-state index contributed by atoms with van der Waals surface area (Å²) >= 11 is 8.72. The first-order valence-corrected chi connectivity index (χ1v) is 11.6. The van der Waals surface area contributed by atoms with Crippen LogP contribution in [0.4, 0.5) is 5.69 Å². The zero-order valence-corrected chi connectivity index (χ0v) is 20.3. The van der Waals surface area contributed by atoms with Gasteiger partial charge in [-0.25, -0.2) is 0 Å². The van der Waals surface area contributed by atoms with Crippen LogP contribution in [0.25, 0.3) is 0 Å². The third-order valence-corrected chi connectivity index (χ3v) is 5.54. The van der Waals surface area contributed by atoms with E-state index in [1.807, 2.05) is 13.8 Å². The number of anilines is 1. The fourth-order valence-electron chi connectivity index (χ4n) is 3.22. The lowest BCUT2D eigenvalue weighted by atomic mass is 10.1. The third-order valence-electron chi connectivity index (χ3n) is 4.72.